The summed E-state index contributed by atoms with van der Waals surface area (Å²) in [5.74, 6) is -1.56. The van der Waals surface area contributed by atoms with Crippen LogP contribution in [0.3, 0.4) is 0 Å². The lowest BCUT2D eigenvalue weighted by Crippen LogP contribution is -2.30. The molecule has 0 aliphatic carbocycles. The van der Waals surface area contributed by atoms with Crippen LogP contribution in [0.4, 0.5) is 0 Å². The first kappa shape index (κ1) is 105. The Morgan fingerprint density at radius 2 is 0.486 bits per heavy atom. The molecule has 5 unspecified atom stereocenters. The van der Waals surface area contributed by atoms with Gasteiger partial charge in [0.2, 0.25) is 0 Å². The highest BCUT2D eigenvalue weighted by molar-refractivity contribution is 7.47. The number of phosphoric ester groups is 2. The van der Waals surface area contributed by atoms with Gasteiger partial charge in [0.1, 0.15) is 25.4 Å². The van der Waals surface area contributed by atoms with Gasteiger partial charge in [-0.2, -0.15) is 0 Å². The number of unbranched alkanes of at least 4 members (excludes halogenated alkanes) is 40. The summed E-state index contributed by atoms with van der Waals surface area (Å²) in [6, 6.07) is 0. The number of aliphatic hydroxyl groups is 2. The summed E-state index contributed by atoms with van der Waals surface area (Å²) in [5.41, 5.74) is 0. The highest BCUT2D eigenvalue weighted by atomic mass is 31.2. The van der Waals surface area contributed by atoms with Gasteiger partial charge in [-0.1, -0.05) is 367 Å². The largest absolute Gasteiger partial charge is 0.472 e. The minimum atomic E-state index is -4.93. The number of rotatable bonds is 83. The van der Waals surface area contributed by atoms with Gasteiger partial charge in [-0.05, 0) is 116 Å². The Balaban J connectivity index is 4.38. The van der Waals surface area contributed by atoms with Gasteiger partial charge in [0.15, 0.2) is 6.10 Å². The molecule has 4 N–H and O–H groups in total. The molecule has 0 saturated heterocycles. The Kier molecular flexibility index (Phi) is 80.3. The van der Waals surface area contributed by atoms with Crippen LogP contribution < -0.4 is 0 Å². The predicted octanol–water partition coefficient (Wildman–Crippen LogP) is 26.4. The Morgan fingerprint density at radius 1 is 0.266 bits per heavy atom. The summed E-state index contributed by atoms with van der Waals surface area (Å²) < 4.78 is 61.2. The predicted molar refractivity (Wildman–Crippen MR) is 454 cm³/mol. The summed E-state index contributed by atoms with van der Waals surface area (Å²) in [6.07, 6.45) is 101. The molecule has 0 rings (SSSR count). The van der Waals surface area contributed by atoms with Crippen molar-refractivity contribution in [3.8, 4) is 0 Å². The van der Waals surface area contributed by atoms with Crippen LogP contribution in [0.15, 0.2) is 122 Å². The molecule has 0 heterocycles. The van der Waals surface area contributed by atoms with Crippen molar-refractivity contribution < 1.29 is 75.8 Å². The molecular formula is C91H160O16P2. The fourth-order valence-electron chi connectivity index (χ4n) is 12.0. The molecule has 0 saturated carbocycles. The molecule has 630 valence electrons. The van der Waals surface area contributed by atoms with Crippen molar-refractivity contribution in [1.29, 1.82) is 0 Å². The second kappa shape index (κ2) is 83.4. The Bertz CT molecular complexity index is 2460. The lowest BCUT2D eigenvalue weighted by Gasteiger charge is -2.21. The van der Waals surface area contributed by atoms with E-state index in [1.54, 1.807) is 0 Å². The van der Waals surface area contributed by atoms with Gasteiger partial charge >= 0.3 is 33.6 Å². The zero-order chi connectivity index (χ0) is 79.4. The fraction of sp³-hybridized carbons (Fsp3) is 0.747. The summed E-state index contributed by atoms with van der Waals surface area (Å²) in [7, 11) is -9.78. The number of carbonyl (C=O) groups is 3. The molecule has 0 bridgehead atoms. The number of ether oxygens (including phenoxy) is 3. The molecule has 18 heteroatoms. The van der Waals surface area contributed by atoms with E-state index in [9.17, 15) is 43.5 Å². The highest BCUT2D eigenvalue weighted by Crippen LogP contribution is 2.45. The monoisotopic (exact) mass is 1570 g/mol. The van der Waals surface area contributed by atoms with Gasteiger partial charge in [0, 0.05) is 19.3 Å². The van der Waals surface area contributed by atoms with E-state index in [4.69, 9.17) is 32.3 Å². The molecule has 0 aliphatic heterocycles. The van der Waals surface area contributed by atoms with Gasteiger partial charge in [0.25, 0.3) is 0 Å². The van der Waals surface area contributed by atoms with E-state index >= 15 is 0 Å². The summed E-state index contributed by atoms with van der Waals surface area (Å²) in [6.45, 7) is 2.58. The maximum absolute atomic E-state index is 13.0. The van der Waals surface area contributed by atoms with Crippen molar-refractivity contribution in [1.82, 2.24) is 0 Å². The fourth-order valence-corrected chi connectivity index (χ4v) is 13.6. The van der Waals surface area contributed by atoms with Crippen LogP contribution in [-0.2, 0) is 55.8 Å². The number of hydrogen-bond donors (Lipinski definition) is 4. The smallest absolute Gasteiger partial charge is 0.463 e. The standard InChI is InChI=1S/C91H160O16P2/c1-4-7-10-13-16-19-22-24-26-28-30-32-34-36-38-40-42-44-46-48-50-52-54-56-58-60-63-65-68-71-74-77-89(94)101-80-86(92)81-103-108(97,98)104-82-87(93)83-105-109(99,100)106-85-88(107-91(96)79-76-73-70-67-62-21-18-15-12-9-6-3)84-102-90(95)78-75-72-69-66-64-61-59-57-55-53-51-49-47-45-43-41-39-37-35-33-31-29-27-25-23-20-17-14-11-8-5-2/h7,10,16-17,19-20,24-27,30-33,36-39,42,44,86-88,92-93H,4-6,8-9,11-15,18,21-23,28-29,34-35,40-41,43,45-85H2,1-3H3,(H,97,98)(H,99,100)/b10-7-,19-16-,20-17-,26-24-,27-25-,32-30-,33-31-,38-36-,39-37-,44-42-. The van der Waals surface area contributed by atoms with Crippen molar-refractivity contribution in [2.45, 2.75) is 399 Å². The molecule has 0 aromatic heterocycles. The van der Waals surface area contributed by atoms with E-state index in [0.717, 1.165) is 128 Å². The van der Waals surface area contributed by atoms with Crippen molar-refractivity contribution in [2.75, 3.05) is 39.6 Å². The average Bonchev–Trinajstić information content (AvgIpc) is 0.837. The summed E-state index contributed by atoms with van der Waals surface area (Å²) in [4.78, 5) is 58.7. The molecule has 0 radical (unpaired) electrons. The Morgan fingerprint density at radius 3 is 0.789 bits per heavy atom. The maximum Gasteiger partial charge on any atom is 0.472 e. The van der Waals surface area contributed by atoms with Crippen LogP contribution in [0.2, 0.25) is 0 Å². The van der Waals surface area contributed by atoms with E-state index in [0.29, 0.717) is 19.3 Å². The summed E-state index contributed by atoms with van der Waals surface area (Å²) >= 11 is 0. The third kappa shape index (κ3) is 84.7. The molecule has 16 nitrogen and oxygen atoms in total. The van der Waals surface area contributed by atoms with Crippen LogP contribution in [0.5, 0.6) is 0 Å². The van der Waals surface area contributed by atoms with E-state index in [1.165, 1.54) is 193 Å². The quantitative estimate of drug-likeness (QED) is 0.0146. The Hall–Kier alpha value is -4.05. The molecule has 5 atom stereocenters. The zero-order valence-electron chi connectivity index (χ0n) is 69.2. The molecule has 109 heavy (non-hydrogen) atoms. The van der Waals surface area contributed by atoms with Gasteiger partial charge < -0.3 is 34.2 Å². The number of aliphatic hydroxyl groups excluding tert-OH is 2. The lowest BCUT2D eigenvalue weighted by molar-refractivity contribution is -0.161. The number of allylic oxidation sites excluding steroid dienone is 20. The van der Waals surface area contributed by atoms with Crippen molar-refractivity contribution in [2.24, 2.45) is 0 Å². The van der Waals surface area contributed by atoms with Crippen molar-refractivity contribution >= 4 is 33.6 Å². The third-order valence-electron chi connectivity index (χ3n) is 18.7. The third-order valence-corrected chi connectivity index (χ3v) is 20.6. The van der Waals surface area contributed by atoms with Crippen LogP contribution in [-0.4, -0.2) is 95.9 Å². The molecule has 0 aromatic rings. The second-order valence-electron chi connectivity index (χ2n) is 29.3. The van der Waals surface area contributed by atoms with Crippen molar-refractivity contribution in [3.63, 3.8) is 0 Å². The minimum absolute atomic E-state index is 0.108. The minimum Gasteiger partial charge on any atom is -0.463 e. The van der Waals surface area contributed by atoms with Gasteiger partial charge in [-0.3, -0.25) is 32.5 Å². The number of phosphoric acid groups is 2. The Labute approximate surface area is 665 Å². The van der Waals surface area contributed by atoms with Crippen LogP contribution in [0.25, 0.3) is 0 Å². The SMILES string of the molecule is CC/C=C\C/C=C\C/C=C\C/C=C\C/C=C\C/C=C\CCCCCCCCCCCCCCC(=O)OCC(O)COP(=O)(O)OCC(O)COP(=O)(O)OCC(COC(=O)CCCCCCCCCCCCCCCCC/C=C\C/C=C\C/C=C\C/C=C\CCCCC)OC(=O)CCCCCCCCCCCCC. The summed E-state index contributed by atoms with van der Waals surface area (Å²) in [5, 5.41) is 20.7. The van der Waals surface area contributed by atoms with Crippen molar-refractivity contribution in [3.05, 3.63) is 122 Å². The van der Waals surface area contributed by atoms with Crippen LogP contribution in [0, 0.1) is 0 Å². The van der Waals surface area contributed by atoms with Gasteiger partial charge in [0.05, 0.1) is 26.4 Å². The van der Waals surface area contributed by atoms with E-state index < -0.39 is 91.5 Å². The molecule has 0 aromatic carbocycles. The molecule has 0 fully saturated rings. The lowest BCUT2D eigenvalue weighted by atomic mass is 10.0. The molecule has 0 aliphatic rings. The topological polar surface area (TPSA) is 231 Å². The first-order valence-corrected chi connectivity index (χ1v) is 46.8. The number of hydrogen-bond acceptors (Lipinski definition) is 14. The van der Waals surface area contributed by atoms with E-state index in [2.05, 4.69) is 142 Å². The molecule has 0 amide bonds. The zero-order valence-corrected chi connectivity index (χ0v) is 71.0. The van der Waals surface area contributed by atoms with Gasteiger partial charge in [-0.15, -0.1) is 0 Å². The molecule has 0 spiro atoms. The highest BCUT2D eigenvalue weighted by Gasteiger charge is 2.29. The maximum atomic E-state index is 13.0. The second-order valence-corrected chi connectivity index (χ2v) is 32.2. The van der Waals surface area contributed by atoms with E-state index in [-0.39, 0.29) is 19.3 Å². The van der Waals surface area contributed by atoms with E-state index in [1.807, 2.05) is 0 Å². The van der Waals surface area contributed by atoms with Gasteiger partial charge in [-0.25, -0.2) is 9.13 Å². The molecular weight excluding hydrogens is 1410 g/mol. The first-order chi connectivity index (χ1) is 53.2. The normalized spacial score (nSPS) is 14.4. The average molecular weight is 1570 g/mol. The van der Waals surface area contributed by atoms with Crippen LogP contribution >= 0.6 is 15.6 Å². The number of esters is 3. The first-order valence-electron chi connectivity index (χ1n) is 43.8. The number of carbonyl (C=O) groups excluding carboxylic acids is 3. The van der Waals surface area contributed by atoms with Crippen LogP contribution in [0.1, 0.15) is 380 Å².